The van der Waals surface area contributed by atoms with Crippen molar-refractivity contribution in [3.05, 3.63) is 50.2 Å². The van der Waals surface area contributed by atoms with Crippen LogP contribution in [0.1, 0.15) is 11.1 Å². The van der Waals surface area contributed by atoms with E-state index in [4.69, 9.17) is 4.74 Å². The molecule has 2 aromatic rings. The zero-order valence-corrected chi connectivity index (χ0v) is 14.7. The molecule has 2 N–H and O–H groups in total. The van der Waals surface area contributed by atoms with Gasteiger partial charge in [0.1, 0.15) is 5.82 Å². The van der Waals surface area contributed by atoms with Gasteiger partial charge >= 0.3 is 0 Å². The van der Waals surface area contributed by atoms with Gasteiger partial charge in [0.2, 0.25) is 0 Å². The third kappa shape index (κ3) is 3.68. The second-order valence-electron chi connectivity index (χ2n) is 4.56. The molecule has 0 radical (unpaired) electrons. The number of ether oxygens (including phenoxy) is 1. The van der Waals surface area contributed by atoms with Crippen molar-refractivity contribution in [2.45, 2.75) is 13.5 Å². The molecule has 0 aromatic heterocycles. The molecule has 0 unspecified atom stereocenters. The smallest absolute Gasteiger partial charge is 0.172 e. The Bertz CT molecular complexity index is 677. The molecule has 112 valence electrons. The summed E-state index contributed by atoms with van der Waals surface area (Å²) in [6, 6.07) is 6.70. The molecule has 2 aromatic carbocycles. The summed E-state index contributed by atoms with van der Waals surface area (Å²) >= 11 is 6.43. The molecule has 0 fully saturated rings. The summed E-state index contributed by atoms with van der Waals surface area (Å²) in [5, 5.41) is 12.9. The van der Waals surface area contributed by atoms with Gasteiger partial charge in [-0.3, -0.25) is 0 Å². The number of methoxy groups -OCH3 is 1. The number of halogens is 3. The fourth-order valence-corrected chi connectivity index (χ4v) is 2.87. The summed E-state index contributed by atoms with van der Waals surface area (Å²) in [5.74, 6) is 0.138. The summed E-state index contributed by atoms with van der Waals surface area (Å²) < 4.78 is 19.7. The molecule has 0 saturated carbocycles. The second-order valence-corrected chi connectivity index (χ2v) is 6.27. The van der Waals surface area contributed by atoms with Gasteiger partial charge in [0.15, 0.2) is 11.5 Å². The number of phenols is 1. The molecule has 0 atom stereocenters. The second kappa shape index (κ2) is 6.66. The van der Waals surface area contributed by atoms with Crippen LogP contribution in [0.3, 0.4) is 0 Å². The van der Waals surface area contributed by atoms with Crippen molar-refractivity contribution in [1.82, 2.24) is 0 Å². The summed E-state index contributed by atoms with van der Waals surface area (Å²) in [7, 11) is 1.49. The lowest BCUT2D eigenvalue weighted by atomic mass is 10.1. The summed E-state index contributed by atoms with van der Waals surface area (Å²) in [6.07, 6.45) is 0. The van der Waals surface area contributed by atoms with E-state index in [2.05, 4.69) is 37.2 Å². The predicted molar refractivity (Wildman–Crippen MR) is 88.5 cm³/mol. The SMILES string of the molecule is COc1cc(CNc2cc(F)c(Br)cc2C)cc(Br)c1O. The quantitative estimate of drug-likeness (QED) is 0.735. The lowest BCUT2D eigenvalue weighted by Gasteiger charge is -2.13. The van der Waals surface area contributed by atoms with Crippen LogP contribution in [0, 0.1) is 12.7 Å². The zero-order valence-electron chi connectivity index (χ0n) is 11.5. The van der Waals surface area contributed by atoms with Crippen molar-refractivity contribution in [3.63, 3.8) is 0 Å². The fraction of sp³-hybridized carbons (Fsp3) is 0.200. The van der Waals surface area contributed by atoms with E-state index in [1.807, 2.05) is 6.92 Å². The average Bonchev–Trinajstić information content (AvgIpc) is 2.44. The lowest BCUT2D eigenvalue weighted by Crippen LogP contribution is -2.02. The van der Waals surface area contributed by atoms with Gasteiger partial charge in [-0.1, -0.05) is 0 Å². The number of phenolic OH excluding ortho intramolecular Hbond substituents is 1. The Balaban J connectivity index is 2.21. The third-order valence-corrected chi connectivity index (χ3v) is 4.27. The molecule has 0 aliphatic carbocycles. The minimum Gasteiger partial charge on any atom is -0.503 e. The third-order valence-electron chi connectivity index (χ3n) is 3.06. The molecule has 2 rings (SSSR count). The Morgan fingerprint density at radius 1 is 1.19 bits per heavy atom. The molecule has 0 spiro atoms. The molecule has 0 aliphatic heterocycles. The maximum atomic E-state index is 13.6. The maximum absolute atomic E-state index is 13.6. The molecule has 3 nitrogen and oxygen atoms in total. The molecule has 0 amide bonds. The van der Waals surface area contributed by atoms with E-state index in [0.717, 1.165) is 16.8 Å². The highest BCUT2D eigenvalue weighted by atomic mass is 79.9. The minimum atomic E-state index is -0.312. The van der Waals surface area contributed by atoms with Gasteiger partial charge in [-0.05, 0) is 74.2 Å². The van der Waals surface area contributed by atoms with Gasteiger partial charge in [-0.2, -0.15) is 0 Å². The van der Waals surface area contributed by atoms with Crippen LogP contribution in [0.5, 0.6) is 11.5 Å². The summed E-state index contributed by atoms with van der Waals surface area (Å²) in [4.78, 5) is 0. The van der Waals surface area contributed by atoms with Crippen LogP contribution in [0.25, 0.3) is 0 Å². The van der Waals surface area contributed by atoms with Crippen LogP contribution in [0.2, 0.25) is 0 Å². The molecule has 21 heavy (non-hydrogen) atoms. The van der Waals surface area contributed by atoms with E-state index in [1.54, 1.807) is 18.2 Å². The summed E-state index contributed by atoms with van der Waals surface area (Å²) in [6.45, 7) is 2.39. The highest BCUT2D eigenvalue weighted by molar-refractivity contribution is 9.10. The van der Waals surface area contributed by atoms with Gasteiger partial charge < -0.3 is 15.2 Å². The number of aromatic hydroxyl groups is 1. The van der Waals surface area contributed by atoms with Crippen molar-refractivity contribution >= 4 is 37.5 Å². The first-order valence-corrected chi connectivity index (χ1v) is 7.76. The Labute approximate surface area is 139 Å². The lowest BCUT2D eigenvalue weighted by molar-refractivity contribution is 0.371. The van der Waals surface area contributed by atoms with E-state index in [9.17, 15) is 9.50 Å². The number of rotatable bonds is 4. The van der Waals surface area contributed by atoms with Crippen molar-refractivity contribution in [2.75, 3.05) is 12.4 Å². The van der Waals surface area contributed by atoms with Crippen molar-refractivity contribution in [3.8, 4) is 11.5 Å². The van der Waals surface area contributed by atoms with Crippen LogP contribution in [-0.2, 0) is 6.54 Å². The van der Waals surface area contributed by atoms with E-state index in [1.165, 1.54) is 13.2 Å². The van der Waals surface area contributed by atoms with Crippen LogP contribution < -0.4 is 10.1 Å². The Kier molecular flexibility index (Phi) is 5.11. The maximum Gasteiger partial charge on any atom is 0.172 e. The van der Waals surface area contributed by atoms with Crippen molar-refractivity contribution in [2.24, 2.45) is 0 Å². The van der Waals surface area contributed by atoms with E-state index in [-0.39, 0.29) is 11.6 Å². The monoisotopic (exact) mass is 417 g/mol. The first kappa shape index (κ1) is 16.1. The van der Waals surface area contributed by atoms with E-state index >= 15 is 0 Å². The van der Waals surface area contributed by atoms with Gasteiger partial charge in [0.25, 0.3) is 0 Å². The van der Waals surface area contributed by atoms with E-state index < -0.39 is 0 Å². The molecule has 0 saturated heterocycles. The van der Waals surface area contributed by atoms with Crippen molar-refractivity contribution in [1.29, 1.82) is 0 Å². The first-order valence-electron chi connectivity index (χ1n) is 6.17. The van der Waals surface area contributed by atoms with E-state index in [0.29, 0.717) is 21.2 Å². The Hall–Kier alpha value is -1.27. The standard InChI is InChI=1S/C15H14Br2FNO2/c1-8-3-10(16)12(18)6-13(8)19-7-9-4-11(17)15(20)14(5-9)21-2/h3-6,19-20H,7H2,1-2H3. The average molecular weight is 419 g/mol. The Morgan fingerprint density at radius 2 is 1.90 bits per heavy atom. The number of nitrogens with one attached hydrogen (secondary N) is 1. The number of aryl methyl sites for hydroxylation is 1. The van der Waals surface area contributed by atoms with Crippen LogP contribution in [-0.4, -0.2) is 12.2 Å². The highest BCUT2D eigenvalue weighted by Crippen LogP contribution is 2.35. The van der Waals surface area contributed by atoms with Crippen molar-refractivity contribution < 1.29 is 14.2 Å². The van der Waals surface area contributed by atoms with Crippen LogP contribution >= 0.6 is 31.9 Å². The summed E-state index contributed by atoms with van der Waals surface area (Å²) in [5.41, 5.74) is 2.56. The number of benzene rings is 2. The molecular formula is C15H14Br2FNO2. The molecular weight excluding hydrogens is 405 g/mol. The zero-order chi connectivity index (χ0) is 15.6. The molecule has 0 aliphatic rings. The minimum absolute atomic E-state index is 0.0621. The predicted octanol–water partition coefficient (Wildman–Crippen LogP) is 4.99. The fourth-order valence-electron chi connectivity index (χ4n) is 1.92. The van der Waals surface area contributed by atoms with Gasteiger partial charge in [0.05, 0.1) is 16.1 Å². The van der Waals surface area contributed by atoms with Gasteiger partial charge in [-0.15, -0.1) is 0 Å². The number of hydrogen-bond donors (Lipinski definition) is 2. The van der Waals surface area contributed by atoms with Gasteiger partial charge in [-0.25, -0.2) is 4.39 Å². The molecule has 0 heterocycles. The normalized spacial score (nSPS) is 10.5. The topological polar surface area (TPSA) is 41.5 Å². The highest BCUT2D eigenvalue weighted by Gasteiger charge is 2.10. The Morgan fingerprint density at radius 3 is 2.57 bits per heavy atom. The molecule has 6 heteroatoms. The number of anilines is 1. The molecule has 0 bridgehead atoms. The van der Waals surface area contributed by atoms with Crippen LogP contribution in [0.4, 0.5) is 10.1 Å². The largest absolute Gasteiger partial charge is 0.503 e. The van der Waals surface area contributed by atoms with Gasteiger partial charge in [0, 0.05) is 12.2 Å². The number of hydrogen-bond acceptors (Lipinski definition) is 3. The van der Waals surface area contributed by atoms with Crippen LogP contribution in [0.15, 0.2) is 33.2 Å². The first-order chi connectivity index (χ1) is 9.92.